The van der Waals surface area contributed by atoms with E-state index in [0.29, 0.717) is 23.7 Å². The van der Waals surface area contributed by atoms with Gasteiger partial charge in [-0.25, -0.2) is 4.79 Å². The molecule has 0 spiro atoms. The molecule has 160 valence electrons. The Morgan fingerprint density at radius 2 is 1.77 bits per heavy atom. The van der Waals surface area contributed by atoms with Gasteiger partial charge < -0.3 is 14.8 Å². The van der Waals surface area contributed by atoms with Crippen molar-refractivity contribution in [3.05, 3.63) is 59.2 Å². The molecule has 6 heteroatoms. The maximum Gasteiger partial charge on any atom is 0.324 e. The molecule has 6 nitrogen and oxygen atoms in total. The monoisotopic (exact) mass is 410 g/mol. The average molecular weight is 411 g/mol. The van der Waals surface area contributed by atoms with Crippen LogP contribution in [0.2, 0.25) is 0 Å². The van der Waals surface area contributed by atoms with Gasteiger partial charge in [-0.2, -0.15) is 0 Å². The Balaban J connectivity index is 1.74. The lowest BCUT2D eigenvalue weighted by Gasteiger charge is -2.26. The van der Waals surface area contributed by atoms with Crippen molar-refractivity contribution in [2.24, 2.45) is 0 Å². The first-order chi connectivity index (χ1) is 14.5. The number of hydrogen-bond donors (Lipinski definition) is 1. The van der Waals surface area contributed by atoms with E-state index in [2.05, 4.69) is 5.32 Å². The molecule has 0 aliphatic heterocycles. The van der Waals surface area contributed by atoms with Crippen LogP contribution in [0.4, 0.5) is 4.79 Å². The summed E-state index contributed by atoms with van der Waals surface area (Å²) >= 11 is 0. The predicted octanol–water partition coefficient (Wildman–Crippen LogP) is 4.70. The van der Waals surface area contributed by atoms with Crippen molar-refractivity contribution < 1.29 is 19.1 Å². The Kier molecular flexibility index (Phi) is 7.33. The molecule has 0 atom stereocenters. The Bertz CT molecular complexity index is 876. The van der Waals surface area contributed by atoms with Gasteiger partial charge in [0.05, 0.1) is 7.11 Å². The Hall–Kier alpha value is -3.02. The summed E-state index contributed by atoms with van der Waals surface area (Å²) in [5.41, 5.74) is 2.15. The predicted molar refractivity (Wildman–Crippen MR) is 116 cm³/mol. The van der Waals surface area contributed by atoms with Crippen LogP contribution in [0, 0.1) is 6.92 Å². The summed E-state index contributed by atoms with van der Waals surface area (Å²) in [6.07, 6.45) is 5.36. The van der Waals surface area contributed by atoms with Gasteiger partial charge in [0.25, 0.3) is 5.91 Å². The van der Waals surface area contributed by atoms with Crippen molar-refractivity contribution in [2.75, 3.05) is 14.2 Å². The van der Waals surface area contributed by atoms with E-state index in [4.69, 9.17) is 9.47 Å². The molecular weight excluding hydrogens is 380 g/mol. The fourth-order valence-corrected chi connectivity index (χ4v) is 3.69. The normalized spacial score (nSPS) is 14.1. The Labute approximate surface area is 178 Å². The molecule has 0 radical (unpaired) electrons. The number of carbonyl (C=O) groups is 2. The molecule has 3 rings (SSSR count). The van der Waals surface area contributed by atoms with Gasteiger partial charge in [0.15, 0.2) is 11.5 Å². The van der Waals surface area contributed by atoms with Crippen LogP contribution in [-0.4, -0.2) is 37.0 Å². The minimum Gasteiger partial charge on any atom is -0.493 e. The number of amides is 3. The highest BCUT2D eigenvalue weighted by Crippen LogP contribution is 2.32. The maximum atomic E-state index is 13.0. The SMILES string of the molecule is COc1cc(C)c(C(=O)N(C)C(=O)NC2CCCCC2)cc1OCc1ccccc1. The van der Waals surface area contributed by atoms with Crippen molar-refractivity contribution in [2.45, 2.75) is 51.7 Å². The number of nitrogens with zero attached hydrogens (tertiary/aromatic N) is 1. The quantitative estimate of drug-likeness (QED) is 0.750. The summed E-state index contributed by atoms with van der Waals surface area (Å²) in [4.78, 5) is 26.8. The Morgan fingerprint density at radius 3 is 2.43 bits per heavy atom. The van der Waals surface area contributed by atoms with Crippen LogP contribution in [0.3, 0.4) is 0 Å². The number of hydrogen-bond acceptors (Lipinski definition) is 4. The summed E-state index contributed by atoms with van der Waals surface area (Å²) in [6, 6.07) is 13.0. The van der Waals surface area contributed by atoms with Crippen molar-refractivity contribution in [3.8, 4) is 11.5 Å². The molecule has 30 heavy (non-hydrogen) atoms. The lowest BCUT2D eigenvalue weighted by atomic mass is 9.96. The van der Waals surface area contributed by atoms with E-state index < -0.39 is 0 Å². The summed E-state index contributed by atoms with van der Waals surface area (Å²) in [6.45, 7) is 2.18. The molecule has 1 saturated carbocycles. The molecule has 3 amide bonds. The first-order valence-corrected chi connectivity index (χ1v) is 10.4. The van der Waals surface area contributed by atoms with E-state index in [1.54, 1.807) is 19.2 Å². The minimum absolute atomic E-state index is 0.142. The second-order valence-electron chi connectivity index (χ2n) is 7.74. The van der Waals surface area contributed by atoms with Crippen molar-refractivity contribution in [1.29, 1.82) is 0 Å². The molecule has 0 heterocycles. The van der Waals surface area contributed by atoms with Crippen LogP contribution in [-0.2, 0) is 6.61 Å². The van der Waals surface area contributed by atoms with Gasteiger partial charge in [-0.3, -0.25) is 9.69 Å². The third-order valence-electron chi connectivity index (χ3n) is 5.52. The molecular formula is C24H30N2O4. The van der Waals surface area contributed by atoms with Gasteiger partial charge in [0.1, 0.15) is 6.61 Å². The maximum absolute atomic E-state index is 13.0. The van der Waals surface area contributed by atoms with Crippen LogP contribution in [0.1, 0.15) is 53.6 Å². The molecule has 1 aliphatic carbocycles. The minimum atomic E-state index is -0.368. The molecule has 2 aromatic rings. The zero-order valence-electron chi connectivity index (χ0n) is 17.9. The fraction of sp³-hybridized carbons (Fsp3) is 0.417. The zero-order chi connectivity index (χ0) is 21.5. The van der Waals surface area contributed by atoms with Gasteiger partial charge in [-0.1, -0.05) is 49.6 Å². The number of methoxy groups -OCH3 is 1. The number of urea groups is 1. The largest absolute Gasteiger partial charge is 0.493 e. The number of carbonyl (C=O) groups excluding carboxylic acids is 2. The molecule has 1 aliphatic rings. The van der Waals surface area contributed by atoms with Crippen molar-refractivity contribution in [3.63, 3.8) is 0 Å². The second-order valence-corrected chi connectivity index (χ2v) is 7.74. The van der Waals surface area contributed by atoms with Gasteiger partial charge in [0.2, 0.25) is 0 Å². The van der Waals surface area contributed by atoms with Gasteiger partial charge in [-0.15, -0.1) is 0 Å². The topological polar surface area (TPSA) is 67.9 Å². The fourth-order valence-electron chi connectivity index (χ4n) is 3.69. The lowest BCUT2D eigenvalue weighted by Crippen LogP contribution is -2.46. The van der Waals surface area contributed by atoms with Crippen LogP contribution in [0.15, 0.2) is 42.5 Å². The van der Waals surface area contributed by atoms with E-state index in [1.165, 1.54) is 13.5 Å². The van der Waals surface area contributed by atoms with E-state index in [0.717, 1.165) is 41.7 Å². The third-order valence-corrected chi connectivity index (χ3v) is 5.52. The van der Waals surface area contributed by atoms with Crippen molar-refractivity contribution >= 4 is 11.9 Å². The van der Waals surface area contributed by atoms with Crippen molar-refractivity contribution in [1.82, 2.24) is 10.2 Å². The van der Waals surface area contributed by atoms with E-state index >= 15 is 0 Å². The van der Waals surface area contributed by atoms with Crippen LogP contribution >= 0.6 is 0 Å². The van der Waals surface area contributed by atoms with E-state index in [1.807, 2.05) is 37.3 Å². The number of nitrogens with one attached hydrogen (secondary N) is 1. The van der Waals surface area contributed by atoms with Gasteiger partial charge >= 0.3 is 6.03 Å². The second kappa shape index (κ2) is 10.1. The Morgan fingerprint density at radius 1 is 1.07 bits per heavy atom. The highest BCUT2D eigenvalue weighted by Gasteiger charge is 2.25. The molecule has 0 unspecified atom stereocenters. The summed E-state index contributed by atoms with van der Waals surface area (Å²) < 4.78 is 11.4. The summed E-state index contributed by atoms with van der Waals surface area (Å²) in [7, 11) is 3.07. The molecule has 1 fully saturated rings. The molecule has 1 N–H and O–H groups in total. The van der Waals surface area contributed by atoms with Gasteiger partial charge in [-0.05, 0) is 43.0 Å². The zero-order valence-corrected chi connectivity index (χ0v) is 17.9. The highest BCUT2D eigenvalue weighted by molar-refractivity contribution is 6.05. The van der Waals surface area contributed by atoms with E-state index in [-0.39, 0.29) is 18.0 Å². The summed E-state index contributed by atoms with van der Waals surface area (Å²) in [5.74, 6) is 0.652. The van der Waals surface area contributed by atoms with Gasteiger partial charge in [0, 0.05) is 18.7 Å². The third kappa shape index (κ3) is 5.32. The molecule has 0 aromatic heterocycles. The average Bonchev–Trinajstić information content (AvgIpc) is 2.78. The molecule has 0 saturated heterocycles. The van der Waals surface area contributed by atoms with E-state index in [9.17, 15) is 9.59 Å². The number of benzene rings is 2. The first-order valence-electron chi connectivity index (χ1n) is 10.4. The lowest BCUT2D eigenvalue weighted by molar-refractivity contribution is 0.0826. The number of ether oxygens (including phenoxy) is 2. The smallest absolute Gasteiger partial charge is 0.324 e. The molecule has 2 aromatic carbocycles. The highest BCUT2D eigenvalue weighted by atomic mass is 16.5. The van der Waals surface area contributed by atoms with Crippen LogP contribution < -0.4 is 14.8 Å². The standard InChI is InChI=1S/C24H30N2O4/c1-17-14-21(29-3)22(30-16-18-10-6-4-7-11-18)15-20(17)23(27)26(2)24(28)25-19-12-8-5-9-13-19/h4,6-7,10-11,14-15,19H,5,8-9,12-13,16H2,1-3H3,(H,25,28). The van der Waals surface area contributed by atoms with Crippen LogP contribution in [0.25, 0.3) is 0 Å². The number of aryl methyl sites for hydroxylation is 1. The first kappa shape index (κ1) is 21.7. The van der Waals surface area contributed by atoms with Crippen LogP contribution in [0.5, 0.6) is 11.5 Å². The molecule has 0 bridgehead atoms. The number of rotatable bonds is 6. The summed E-state index contributed by atoms with van der Waals surface area (Å²) in [5, 5.41) is 2.98. The number of imide groups is 1.